The molecule has 8 fully saturated rings. The standard InChI is InChI=1S/2C10H20N.C8H16NO.C8H16N.4BrH/c1-3-7-11(8-4-1)9-5-2-6-10-11;1-2-4-8-11(7-3-1)9-5-6-10-11;1-2-4-9(3-1)5-7-10-8-6-9;1-2-6-9(5-1)7-3-4-8-9;;;;/h2*1-10H2;1-8H2;1-8H2;4*1H/q4*+1;;;;/p-4. The van der Waals surface area contributed by atoms with E-state index >= 15 is 0 Å². The van der Waals surface area contributed by atoms with Gasteiger partial charge in [0.05, 0.1) is 105 Å². The van der Waals surface area contributed by atoms with E-state index in [4.69, 9.17) is 4.74 Å². The average molecular weight is 897 g/mol. The molecule has 270 valence electrons. The van der Waals surface area contributed by atoms with Crippen molar-refractivity contribution < 1.29 is 90.6 Å². The number of rotatable bonds is 0. The Morgan fingerprint density at radius 1 is 0.200 bits per heavy atom. The van der Waals surface area contributed by atoms with E-state index in [1.54, 1.807) is 0 Å². The molecule has 8 saturated heterocycles. The van der Waals surface area contributed by atoms with Gasteiger partial charge in [0.15, 0.2) is 0 Å². The number of ether oxygens (including phenoxy) is 1. The van der Waals surface area contributed by atoms with Crippen LogP contribution in [-0.4, -0.2) is 136 Å². The van der Waals surface area contributed by atoms with Crippen molar-refractivity contribution in [1.82, 2.24) is 0 Å². The molecule has 0 bridgehead atoms. The van der Waals surface area contributed by atoms with Crippen LogP contribution in [-0.2, 0) is 4.74 Å². The summed E-state index contributed by atoms with van der Waals surface area (Å²) in [5.41, 5.74) is 0. The molecule has 0 aliphatic carbocycles. The highest BCUT2D eigenvalue weighted by Crippen LogP contribution is 2.27. The summed E-state index contributed by atoms with van der Waals surface area (Å²) in [6, 6.07) is 0. The van der Waals surface area contributed by atoms with Crippen LogP contribution in [0.1, 0.15) is 116 Å². The van der Waals surface area contributed by atoms with E-state index in [9.17, 15) is 0 Å². The molecule has 45 heavy (non-hydrogen) atoms. The van der Waals surface area contributed by atoms with Crippen molar-refractivity contribution in [2.24, 2.45) is 0 Å². The lowest BCUT2D eigenvalue weighted by Gasteiger charge is -2.44. The van der Waals surface area contributed by atoms with Gasteiger partial charge in [-0.2, -0.15) is 0 Å². The zero-order valence-corrected chi connectivity index (χ0v) is 35.5. The van der Waals surface area contributed by atoms with Crippen molar-refractivity contribution in [2.45, 2.75) is 116 Å². The first-order valence-corrected chi connectivity index (χ1v) is 19.1. The van der Waals surface area contributed by atoms with Gasteiger partial charge in [0.1, 0.15) is 13.1 Å². The fourth-order valence-electron chi connectivity index (χ4n) is 10.3. The van der Waals surface area contributed by atoms with E-state index in [1.165, 1.54) is 238 Å². The van der Waals surface area contributed by atoms with Crippen molar-refractivity contribution in [2.75, 3.05) is 118 Å². The lowest BCUT2D eigenvalue weighted by atomic mass is 10.0. The highest BCUT2D eigenvalue weighted by Gasteiger charge is 2.35. The quantitative estimate of drug-likeness (QED) is 0.221. The van der Waals surface area contributed by atoms with Crippen molar-refractivity contribution >= 4 is 0 Å². The van der Waals surface area contributed by atoms with E-state index in [0.717, 1.165) is 13.2 Å². The van der Waals surface area contributed by atoms with Crippen molar-refractivity contribution in [3.63, 3.8) is 0 Å². The first kappa shape index (κ1) is 44.7. The van der Waals surface area contributed by atoms with Gasteiger partial charge in [-0.15, -0.1) is 0 Å². The van der Waals surface area contributed by atoms with Crippen LogP contribution in [0.4, 0.5) is 0 Å². The second kappa shape index (κ2) is 23.2. The summed E-state index contributed by atoms with van der Waals surface area (Å²) in [5.74, 6) is 0. The molecule has 0 radical (unpaired) electrons. The zero-order chi connectivity index (χ0) is 28.2. The van der Waals surface area contributed by atoms with E-state index < -0.39 is 0 Å². The first-order valence-electron chi connectivity index (χ1n) is 19.1. The highest BCUT2D eigenvalue weighted by molar-refractivity contribution is 4.62. The predicted octanol–water partition coefficient (Wildman–Crippen LogP) is -5.62. The average Bonchev–Trinajstić information content (AvgIpc) is 3.83. The van der Waals surface area contributed by atoms with E-state index in [0.29, 0.717) is 0 Å². The third kappa shape index (κ3) is 14.1. The van der Waals surface area contributed by atoms with Crippen LogP contribution in [0.15, 0.2) is 0 Å². The smallest absolute Gasteiger partial charge is 0.102 e. The Morgan fingerprint density at radius 2 is 0.356 bits per heavy atom. The topological polar surface area (TPSA) is 9.23 Å². The Kier molecular flexibility index (Phi) is 23.1. The number of hydrogen-bond acceptors (Lipinski definition) is 1. The molecule has 0 aromatic carbocycles. The fourth-order valence-corrected chi connectivity index (χ4v) is 10.3. The Morgan fingerprint density at radius 3 is 0.578 bits per heavy atom. The minimum absolute atomic E-state index is 0. The van der Waals surface area contributed by atoms with Gasteiger partial charge in [0.25, 0.3) is 0 Å². The van der Waals surface area contributed by atoms with E-state index in [-0.39, 0.29) is 67.9 Å². The van der Waals surface area contributed by atoms with Crippen LogP contribution in [0.2, 0.25) is 0 Å². The number of morpholine rings is 1. The van der Waals surface area contributed by atoms with Crippen LogP contribution in [0.3, 0.4) is 0 Å². The molecule has 0 saturated carbocycles. The van der Waals surface area contributed by atoms with E-state index in [1.807, 2.05) is 0 Å². The number of hydrogen-bond donors (Lipinski definition) is 0. The molecule has 8 rings (SSSR count). The normalized spacial score (nSPS) is 28.3. The minimum Gasteiger partial charge on any atom is -1.00 e. The van der Waals surface area contributed by atoms with Crippen LogP contribution >= 0.6 is 0 Å². The summed E-state index contributed by atoms with van der Waals surface area (Å²) < 4.78 is 11.2. The van der Waals surface area contributed by atoms with Crippen LogP contribution in [0.5, 0.6) is 0 Å². The molecule has 8 aliphatic rings. The molecule has 0 unspecified atom stereocenters. The van der Waals surface area contributed by atoms with Crippen LogP contribution in [0.25, 0.3) is 0 Å². The van der Waals surface area contributed by atoms with Crippen LogP contribution in [0, 0.1) is 0 Å². The molecule has 5 nitrogen and oxygen atoms in total. The van der Waals surface area contributed by atoms with E-state index in [2.05, 4.69) is 0 Å². The van der Waals surface area contributed by atoms with Gasteiger partial charge in [0, 0.05) is 51.4 Å². The Balaban J connectivity index is 0.000000292. The molecule has 0 aromatic heterocycles. The number of quaternary nitrogens is 4. The number of halogens is 4. The second-order valence-electron chi connectivity index (χ2n) is 15.9. The fraction of sp³-hybridized carbons (Fsp3) is 1.00. The Hall–Kier alpha value is 1.72. The Bertz CT molecular complexity index is 670. The van der Waals surface area contributed by atoms with Gasteiger partial charge < -0.3 is 90.6 Å². The maximum Gasteiger partial charge on any atom is 0.102 e. The van der Waals surface area contributed by atoms with Crippen molar-refractivity contribution in [1.29, 1.82) is 0 Å². The molecule has 0 aromatic rings. The first-order chi connectivity index (χ1) is 20.2. The molecular formula is C36H72Br4N4O. The molecule has 0 amide bonds. The third-order valence-electron chi connectivity index (χ3n) is 13.0. The summed E-state index contributed by atoms with van der Waals surface area (Å²) in [6.45, 7) is 25.4. The molecule has 0 atom stereocenters. The summed E-state index contributed by atoms with van der Waals surface area (Å²) in [6.07, 6.45) is 26.9. The molecule has 0 N–H and O–H groups in total. The maximum atomic E-state index is 5.34. The predicted molar refractivity (Wildman–Crippen MR) is 173 cm³/mol. The van der Waals surface area contributed by atoms with Crippen molar-refractivity contribution in [3.8, 4) is 0 Å². The van der Waals surface area contributed by atoms with Gasteiger partial charge in [-0.1, -0.05) is 0 Å². The molecule has 4 spiro atoms. The van der Waals surface area contributed by atoms with Crippen molar-refractivity contribution in [3.05, 3.63) is 0 Å². The third-order valence-corrected chi connectivity index (χ3v) is 13.0. The molecule has 9 heteroatoms. The monoisotopic (exact) mass is 892 g/mol. The largest absolute Gasteiger partial charge is 1.00 e. The summed E-state index contributed by atoms with van der Waals surface area (Å²) in [7, 11) is 0. The zero-order valence-electron chi connectivity index (χ0n) is 29.2. The summed E-state index contributed by atoms with van der Waals surface area (Å²) >= 11 is 0. The van der Waals surface area contributed by atoms with Gasteiger partial charge in [-0.3, -0.25) is 0 Å². The lowest BCUT2D eigenvalue weighted by molar-refractivity contribution is -0.936. The molecule has 8 heterocycles. The van der Waals surface area contributed by atoms with Gasteiger partial charge >= 0.3 is 0 Å². The highest BCUT2D eigenvalue weighted by atomic mass is 79.9. The van der Waals surface area contributed by atoms with Gasteiger partial charge in [-0.25, -0.2) is 0 Å². The second-order valence-corrected chi connectivity index (χ2v) is 15.9. The van der Waals surface area contributed by atoms with Gasteiger partial charge in [-0.05, 0) is 64.2 Å². The Labute approximate surface area is 322 Å². The van der Waals surface area contributed by atoms with Crippen LogP contribution < -0.4 is 67.9 Å². The number of nitrogens with zero attached hydrogens (tertiary/aromatic N) is 4. The number of piperidine rings is 2. The summed E-state index contributed by atoms with van der Waals surface area (Å²) in [5, 5.41) is 0. The SMILES string of the molecule is C1CCC[N+]2(CC1)CCCC2.C1CC[N+]2(C1)CCCC2.C1CC[N+]2(C1)CCOCC2.C1CC[N+]2(CC1)CCCCC2.[Br-].[Br-].[Br-].[Br-]. The molecule has 8 aliphatic heterocycles. The molecular weight excluding hydrogens is 824 g/mol. The summed E-state index contributed by atoms with van der Waals surface area (Å²) in [4.78, 5) is 0. The lowest BCUT2D eigenvalue weighted by Crippen LogP contribution is -3.00. The maximum absolute atomic E-state index is 5.34. The minimum atomic E-state index is 0. The van der Waals surface area contributed by atoms with Gasteiger partial charge in [0.2, 0.25) is 0 Å².